The van der Waals surface area contributed by atoms with Crippen molar-refractivity contribution in [1.82, 2.24) is 10.2 Å². The van der Waals surface area contributed by atoms with E-state index in [9.17, 15) is 9.59 Å². The second-order valence-electron chi connectivity index (χ2n) is 3.21. The predicted molar refractivity (Wildman–Crippen MR) is 49.5 cm³/mol. The maximum atomic E-state index is 11.1. The van der Waals surface area contributed by atoms with Gasteiger partial charge in [0.25, 0.3) is 0 Å². The van der Waals surface area contributed by atoms with Gasteiger partial charge in [-0.3, -0.25) is 9.59 Å². The molecule has 1 aliphatic heterocycles. The number of likely N-dealkylation sites (N-methyl/N-ethyl adjacent to an activating group) is 1. The third-order valence-electron chi connectivity index (χ3n) is 2.12. The zero-order valence-corrected chi connectivity index (χ0v) is 8.30. The van der Waals surface area contributed by atoms with Gasteiger partial charge < -0.3 is 10.2 Å². The lowest BCUT2D eigenvalue weighted by Gasteiger charge is -2.19. The zero-order valence-electron chi connectivity index (χ0n) is 7.55. The molecule has 0 bridgehead atoms. The summed E-state index contributed by atoms with van der Waals surface area (Å²) in [4.78, 5) is 23.4. The highest BCUT2D eigenvalue weighted by atomic mass is 35.5. The molecule has 1 rings (SSSR count). The summed E-state index contributed by atoms with van der Waals surface area (Å²) in [7, 11) is 1.69. The Kier molecular flexibility index (Phi) is 3.54. The molecule has 1 N–H and O–H groups in total. The molecule has 1 saturated heterocycles. The number of halogens is 1. The highest BCUT2D eigenvalue weighted by Crippen LogP contribution is 2.07. The van der Waals surface area contributed by atoms with Crippen molar-refractivity contribution in [1.29, 1.82) is 0 Å². The lowest BCUT2D eigenvalue weighted by atomic mass is 10.2. The van der Waals surface area contributed by atoms with Crippen LogP contribution in [0.15, 0.2) is 0 Å². The highest BCUT2D eigenvalue weighted by molar-refractivity contribution is 6.27. The summed E-state index contributed by atoms with van der Waals surface area (Å²) in [6.45, 7) is 0.553. The summed E-state index contributed by atoms with van der Waals surface area (Å²) in [5.74, 6) is -0.0449. The van der Waals surface area contributed by atoms with Gasteiger partial charge in [0.05, 0.1) is 0 Å². The number of rotatable bonds is 3. The zero-order chi connectivity index (χ0) is 9.84. The molecular formula is C8H13ClN2O2. The molecule has 0 unspecified atom stereocenters. The molecule has 13 heavy (non-hydrogen) atoms. The van der Waals surface area contributed by atoms with Crippen LogP contribution in [0.5, 0.6) is 0 Å². The van der Waals surface area contributed by atoms with Gasteiger partial charge in [-0.05, 0) is 6.42 Å². The van der Waals surface area contributed by atoms with E-state index in [0.29, 0.717) is 13.0 Å². The number of nitrogens with zero attached hydrogens (tertiary/aromatic N) is 1. The molecule has 0 aliphatic carbocycles. The molecule has 1 fully saturated rings. The van der Waals surface area contributed by atoms with Crippen LogP contribution >= 0.6 is 11.6 Å². The Morgan fingerprint density at radius 1 is 1.77 bits per heavy atom. The normalized spacial score (nSPS) is 21.4. The first-order valence-electron chi connectivity index (χ1n) is 4.22. The van der Waals surface area contributed by atoms with Gasteiger partial charge in [-0.25, -0.2) is 0 Å². The molecule has 0 radical (unpaired) electrons. The number of carbonyl (C=O) groups is 2. The van der Waals surface area contributed by atoms with E-state index in [4.69, 9.17) is 11.6 Å². The lowest BCUT2D eigenvalue weighted by molar-refractivity contribution is -0.128. The number of carbonyl (C=O) groups excluding carboxylic acids is 2. The SMILES string of the molecule is CN(C[C@@H]1CCC(=O)N1)C(=O)CCl. The van der Waals surface area contributed by atoms with Crippen molar-refractivity contribution in [3.05, 3.63) is 0 Å². The molecule has 0 aromatic rings. The molecule has 0 saturated carbocycles. The Labute approximate surface area is 82.2 Å². The van der Waals surface area contributed by atoms with Crippen molar-refractivity contribution >= 4 is 23.4 Å². The van der Waals surface area contributed by atoms with Crippen LogP contribution < -0.4 is 5.32 Å². The largest absolute Gasteiger partial charge is 0.352 e. The molecule has 74 valence electrons. The van der Waals surface area contributed by atoms with Crippen molar-refractivity contribution in [3.8, 4) is 0 Å². The minimum Gasteiger partial charge on any atom is -0.352 e. The van der Waals surface area contributed by atoms with Gasteiger partial charge >= 0.3 is 0 Å². The maximum Gasteiger partial charge on any atom is 0.237 e. The summed E-state index contributed by atoms with van der Waals surface area (Å²) in [6.07, 6.45) is 1.37. The average Bonchev–Trinajstić information content (AvgIpc) is 2.49. The van der Waals surface area contributed by atoms with E-state index in [-0.39, 0.29) is 23.7 Å². The van der Waals surface area contributed by atoms with E-state index in [2.05, 4.69) is 5.32 Å². The van der Waals surface area contributed by atoms with Crippen LogP contribution in [-0.2, 0) is 9.59 Å². The Morgan fingerprint density at radius 3 is 2.92 bits per heavy atom. The minimum absolute atomic E-state index is 0.00281. The van der Waals surface area contributed by atoms with Crippen LogP contribution in [0.1, 0.15) is 12.8 Å². The monoisotopic (exact) mass is 204 g/mol. The van der Waals surface area contributed by atoms with Crippen LogP contribution in [0.4, 0.5) is 0 Å². The van der Waals surface area contributed by atoms with Gasteiger partial charge in [0.15, 0.2) is 0 Å². The van der Waals surface area contributed by atoms with Crippen molar-refractivity contribution in [2.75, 3.05) is 19.5 Å². The van der Waals surface area contributed by atoms with Crippen LogP contribution in [0.2, 0.25) is 0 Å². The van der Waals surface area contributed by atoms with Crippen LogP contribution in [0, 0.1) is 0 Å². The van der Waals surface area contributed by atoms with Gasteiger partial charge in [0.1, 0.15) is 5.88 Å². The van der Waals surface area contributed by atoms with Crippen LogP contribution in [0.3, 0.4) is 0 Å². The average molecular weight is 205 g/mol. The summed E-state index contributed by atoms with van der Waals surface area (Å²) < 4.78 is 0. The van der Waals surface area contributed by atoms with Gasteiger partial charge in [-0.2, -0.15) is 0 Å². The predicted octanol–water partition coefficient (Wildman–Crippen LogP) is -0.0378. The molecule has 0 aromatic carbocycles. The van der Waals surface area contributed by atoms with Gasteiger partial charge in [-0.15, -0.1) is 11.6 Å². The highest BCUT2D eigenvalue weighted by Gasteiger charge is 2.22. The number of amides is 2. The van der Waals surface area contributed by atoms with Crippen molar-refractivity contribution < 1.29 is 9.59 Å². The molecule has 0 aromatic heterocycles. The third-order valence-corrected chi connectivity index (χ3v) is 2.35. The second kappa shape index (κ2) is 4.46. The van der Waals surface area contributed by atoms with Crippen molar-refractivity contribution in [3.63, 3.8) is 0 Å². The minimum atomic E-state index is -0.109. The van der Waals surface area contributed by atoms with Crippen molar-refractivity contribution in [2.24, 2.45) is 0 Å². The molecule has 4 nitrogen and oxygen atoms in total. The summed E-state index contributed by atoms with van der Waals surface area (Å²) in [5.41, 5.74) is 0. The summed E-state index contributed by atoms with van der Waals surface area (Å²) >= 11 is 5.38. The summed E-state index contributed by atoms with van der Waals surface area (Å²) in [6, 6.07) is 0.102. The van der Waals surface area contributed by atoms with E-state index >= 15 is 0 Å². The number of hydrogen-bond donors (Lipinski definition) is 1. The van der Waals surface area contributed by atoms with Crippen LogP contribution in [0.25, 0.3) is 0 Å². The topological polar surface area (TPSA) is 49.4 Å². The number of nitrogens with one attached hydrogen (secondary N) is 1. The fourth-order valence-electron chi connectivity index (χ4n) is 1.35. The number of alkyl halides is 1. The Balaban J connectivity index is 2.32. The molecule has 1 heterocycles. The van der Waals surface area contributed by atoms with Gasteiger partial charge in [0.2, 0.25) is 11.8 Å². The Morgan fingerprint density at radius 2 is 2.46 bits per heavy atom. The summed E-state index contributed by atoms with van der Waals surface area (Å²) in [5, 5.41) is 2.79. The molecule has 0 spiro atoms. The van der Waals surface area contributed by atoms with E-state index in [1.165, 1.54) is 0 Å². The first-order valence-corrected chi connectivity index (χ1v) is 4.76. The van der Waals surface area contributed by atoms with Gasteiger partial charge in [-0.1, -0.05) is 0 Å². The molecule has 1 aliphatic rings. The Hall–Kier alpha value is -0.770. The van der Waals surface area contributed by atoms with Crippen LogP contribution in [-0.4, -0.2) is 42.2 Å². The van der Waals surface area contributed by atoms with E-state index < -0.39 is 0 Å². The van der Waals surface area contributed by atoms with E-state index in [1.54, 1.807) is 11.9 Å². The quantitative estimate of drug-likeness (QED) is 0.656. The lowest BCUT2D eigenvalue weighted by Crippen LogP contribution is -2.40. The van der Waals surface area contributed by atoms with Crippen molar-refractivity contribution in [2.45, 2.75) is 18.9 Å². The fourth-order valence-corrected chi connectivity index (χ4v) is 1.55. The molecule has 1 atom stereocenters. The smallest absolute Gasteiger partial charge is 0.237 e. The molecular weight excluding hydrogens is 192 g/mol. The maximum absolute atomic E-state index is 11.1. The first-order chi connectivity index (χ1) is 6.13. The molecule has 5 heteroatoms. The Bertz CT molecular complexity index is 220. The van der Waals surface area contributed by atoms with E-state index in [1.807, 2.05) is 0 Å². The third kappa shape index (κ3) is 2.88. The standard InChI is InChI=1S/C8H13ClN2O2/c1-11(8(13)4-9)5-6-2-3-7(12)10-6/h6H,2-5H2,1H3,(H,10,12)/t6-/m0/s1. The fraction of sp³-hybridized carbons (Fsp3) is 0.750. The van der Waals surface area contributed by atoms with E-state index in [0.717, 1.165) is 6.42 Å². The first kappa shape index (κ1) is 10.3. The molecule has 2 amide bonds. The van der Waals surface area contributed by atoms with Gasteiger partial charge in [0, 0.05) is 26.1 Å². The second-order valence-corrected chi connectivity index (χ2v) is 3.48. The number of hydrogen-bond acceptors (Lipinski definition) is 2.